The van der Waals surface area contributed by atoms with Crippen LogP contribution in [-0.4, -0.2) is 18.0 Å². The topological polar surface area (TPSA) is 60.4 Å². The summed E-state index contributed by atoms with van der Waals surface area (Å²) in [6, 6.07) is 12.3. The van der Waals surface area contributed by atoms with Crippen molar-refractivity contribution in [3.63, 3.8) is 0 Å². The van der Waals surface area contributed by atoms with Gasteiger partial charge < -0.3 is 4.74 Å². The lowest BCUT2D eigenvalue weighted by Gasteiger charge is -2.19. The van der Waals surface area contributed by atoms with Gasteiger partial charge in [-0.3, -0.25) is 14.4 Å². The Labute approximate surface area is 201 Å². The molecule has 0 fully saturated rings. The number of ether oxygens (including phenoxy) is 1. The lowest BCUT2D eigenvalue weighted by molar-refractivity contribution is -0.140. The van der Waals surface area contributed by atoms with Gasteiger partial charge in [-0.25, -0.2) is 0 Å². The number of hydrogen-bond donors (Lipinski definition) is 0. The van der Waals surface area contributed by atoms with Gasteiger partial charge >= 0.3 is 5.97 Å². The van der Waals surface area contributed by atoms with Crippen LogP contribution in [0.15, 0.2) is 48.2 Å². The Balaban J connectivity index is 1.70. The second kappa shape index (κ2) is 12.1. The highest BCUT2D eigenvalue weighted by Gasteiger charge is 2.38. The lowest BCUT2D eigenvalue weighted by atomic mass is 9.83. The van der Waals surface area contributed by atoms with E-state index in [1.165, 1.54) is 54.4 Å². The second-order valence-corrected chi connectivity index (χ2v) is 10.2. The molecule has 176 valence electrons. The maximum Gasteiger partial charge on any atom is 0.308 e. The van der Waals surface area contributed by atoms with Crippen molar-refractivity contribution in [2.75, 3.05) is 0 Å². The number of hydrogen-bond acceptors (Lipinski definition) is 5. The van der Waals surface area contributed by atoms with Crippen LogP contribution in [0.4, 0.5) is 0 Å². The molecule has 0 aliphatic heterocycles. The predicted octanol–water partition coefficient (Wildman–Crippen LogP) is 7.00. The Bertz CT molecular complexity index is 986. The molecule has 1 aromatic heterocycles. The minimum atomic E-state index is -0.467. The molecule has 0 saturated heterocycles. The molecule has 0 amide bonds. The number of benzene rings is 1. The molecular formula is C28H34O4S. The maximum absolute atomic E-state index is 13.1. The summed E-state index contributed by atoms with van der Waals surface area (Å²) in [5.41, 5.74) is 2.28. The van der Waals surface area contributed by atoms with Crippen molar-refractivity contribution in [2.24, 2.45) is 5.92 Å². The predicted molar refractivity (Wildman–Crippen MR) is 133 cm³/mol. The van der Waals surface area contributed by atoms with E-state index in [0.717, 1.165) is 36.0 Å². The molecule has 1 aromatic carbocycles. The van der Waals surface area contributed by atoms with E-state index in [1.54, 1.807) is 0 Å². The highest BCUT2D eigenvalue weighted by atomic mass is 32.1. The fraction of sp³-hybridized carbons (Fsp3) is 0.464. The van der Waals surface area contributed by atoms with Gasteiger partial charge in [-0.1, -0.05) is 57.4 Å². The minimum Gasteiger partial charge on any atom is -0.423 e. The van der Waals surface area contributed by atoms with Gasteiger partial charge in [0.05, 0.1) is 10.8 Å². The van der Waals surface area contributed by atoms with Crippen molar-refractivity contribution in [3.8, 4) is 0 Å². The van der Waals surface area contributed by atoms with Crippen LogP contribution in [0, 0.1) is 5.92 Å². The number of unbranched alkanes of at least 4 members (excludes halogenated alkanes) is 2. The highest BCUT2D eigenvalue weighted by molar-refractivity contribution is 7.13. The van der Waals surface area contributed by atoms with Crippen LogP contribution in [0.25, 0.3) is 0 Å². The van der Waals surface area contributed by atoms with Crippen molar-refractivity contribution in [3.05, 3.63) is 69.1 Å². The van der Waals surface area contributed by atoms with Crippen molar-refractivity contribution in [1.82, 2.24) is 0 Å². The van der Waals surface area contributed by atoms with E-state index in [9.17, 15) is 14.4 Å². The van der Waals surface area contributed by atoms with E-state index in [-0.39, 0.29) is 23.4 Å². The monoisotopic (exact) mass is 466 g/mol. The largest absolute Gasteiger partial charge is 0.423 e. The summed E-state index contributed by atoms with van der Waals surface area (Å²) in [4.78, 5) is 37.5. The van der Waals surface area contributed by atoms with E-state index in [2.05, 4.69) is 38.1 Å². The smallest absolute Gasteiger partial charge is 0.308 e. The third-order valence-electron chi connectivity index (χ3n) is 6.44. The van der Waals surface area contributed by atoms with Crippen LogP contribution in [0.1, 0.15) is 96.8 Å². The zero-order valence-electron chi connectivity index (χ0n) is 19.8. The average molecular weight is 467 g/mol. The molecule has 2 unspecified atom stereocenters. The van der Waals surface area contributed by atoms with E-state index in [4.69, 9.17) is 4.74 Å². The zero-order chi connectivity index (χ0) is 23.8. The van der Waals surface area contributed by atoms with Crippen molar-refractivity contribution >= 4 is 29.4 Å². The second-order valence-electron chi connectivity index (χ2n) is 9.01. The van der Waals surface area contributed by atoms with Crippen LogP contribution in [-0.2, 0) is 20.7 Å². The van der Waals surface area contributed by atoms with Gasteiger partial charge in [-0.05, 0) is 66.9 Å². The molecule has 3 rings (SSSR count). The summed E-state index contributed by atoms with van der Waals surface area (Å²) in [6.07, 6.45) is 10.2. The number of Topliss-reactive ketones (excluding diaryl/α,β-unsaturated/α-hetero) is 1. The number of rotatable bonds is 12. The molecule has 1 aliphatic carbocycles. The van der Waals surface area contributed by atoms with Crippen molar-refractivity contribution in [2.45, 2.75) is 77.6 Å². The molecule has 2 aromatic rings. The summed E-state index contributed by atoms with van der Waals surface area (Å²) in [5.74, 6) is -0.238. The van der Waals surface area contributed by atoms with Gasteiger partial charge in [0.2, 0.25) is 5.78 Å². The van der Waals surface area contributed by atoms with Gasteiger partial charge in [-0.15, -0.1) is 11.3 Å². The van der Waals surface area contributed by atoms with Crippen LogP contribution < -0.4 is 0 Å². The normalized spacial score (nSPS) is 18.8. The van der Waals surface area contributed by atoms with Gasteiger partial charge in [-0.2, -0.15) is 0 Å². The Morgan fingerprint density at radius 3 is 2.52 bits per heavy atom. The Hall–Kier alpha value is -2.53. The molecule has 4 nitrogen and oxygen atoms in total. The quantitative estimate of drug-likeness (QED) is 0.192. The van der Waals surface area contributed by atoms with E-state index < -0.39 is 5.97 Å². The molecule has 0 radical (unpaired) electrons. The Morgan fingerprint density at radius 1 is 1.12 bits per heavy atom. The standard InChI is InChI=1S/C28H34O4S/c1-4-5-6-8-19(2)21-11-13-22(14-12-21)27-23(17-26(28(27)31)32-20(3)30)9-7-10-24-15-16-25(18-29)33-24/h11-19,23,27H,4-10H2,1-3H3/t19?,23-,27?/m0/s1. The van der Waals surface area contributed by atoms with Gasteiger partial charge in [0.25, 0.3) is 0 Å². The van der Waals surface area contributed by atoms with Crippen LogP contribution >= 0.6 is 11.3 Å². The van der Waals surface area contributed by atoms with Gasteiger partial charge in [0.1, 0.15) is 0 Å². The molecule has 5 heteroatoms. The number of carbonyl (C=O) groups is 3. The first-order valence-corrected chi connectivity index (χ1v) is 12.8. The lowest BCUT2D eigenvalue weighted by Crippen LogP contribution is -2.17. The third-order valence-corrected chi connectivity index (χ3v) is 7.51. The fourth-order valence-electron chi connectivity index (χ4n) is 4.61. The first-order chi connectivity index (χ1) is 15.9. The maximum atomic E-state index is 13.1. The first kappa shape index (κ1) is 25.1. The van der Waals surface area contributed by atoms with E-state index >= 15 is 0 Å². The van der Waals surface area contributed by atoms with Crippen LogP contribution in [0.5, 0.6) is 0 Å². The number of carbonyl (C=O) groups excluding carboxylic acids is 3. The molecule has 0 N–H and O–H groups in total. The van der Waals surface area contributed by atoms with E-state index in [1.807, 2.05) is 18.2 Å². The first-order valence-electron chi connectivity index (χ1n) is 12.0. The Kier molecular flexibility index (Phi) is 9.19. The van der Waals surface area contributed by atoms with Crippen LogP contribution in [0.3, 0.4) is 0 Å². The molecule has 0 bridgehead atoms. The molecule has 0 spiro atoms. The summed E-state index contributed by atoms with van der Waals surface area (Å²) < 4.78 is 5.24. The number of ketones is 1. The average Bonchev–Trinajstić information content (AvgIpc) is 3.38. The SMILES string of the molecule is CCCCCC(C)c1ccc(C2C(=O)C(OC(C)=O)=C[C@@H]2CCCc2ccc(C=O)s2)cc1. The number of allylic oxidation sites excluding steroid dienone is 2. The summed E-state index contributed by atoms with van der Waals surface area (Å²) >= 11 is 1.51. The molecule has 33 heavy (non-hydrogen) atoms. The number of aldehydes is 1. The number of aryl methyl sites for hydroxylation is 1. The van der Waals surface area contributed by atoms with Crippen molar-refractivity contribution in [1.29, 1.82) is 0 Å². The van der Waals surface area contributed by atoms with Gasteiger partial charge in [0, 0.05) is 11.8 Å². The summed E-state index contributed by atoms with van der Waals surface area (Å²) in [7, 11) is 0. The van der Waals surface area contributed by atoms with Crippen LogP contribution in [0.2, 0.25) is 0 Å². The highest BCUT2D eigenvalue weighted by Crippen LogP contribution is 2.40. The molecular weight excluding hydrogens is 432 g/mol. The molecule has 3 atom stereocenters. The summed E-state index contributed by atoms with van der Waals surface area (Å²) in [6.45, 7) is 5.80. The van der Waals surface area contributed by atoms with E-state index in [0.29, 0.717) is 5.92 Å². The molecule has 1 aliphatic rings. The molecule has 1 heterocycles. The number of esters is 1. The summed E-state index contributed by atoms with van der Waals surface area (Å²) in [5, 5.41) is 0. The number of thiophene rings is 1. The van der Waals surface area contributed by atoms with Crippen molar-refractivity contribution < 1.29 is 19.1 Å². The Morgan fingerprint density at radius 2 is 1.88 bits per heavy atom. The molecule has 0 saturated carbocycles. The third kappa shape index (κ3) is 6.73. The fourth-order valence-corrected chi connectivity index (χ4v) is 5.48. The van der Waals surface area contributed by atoms with Gasteiger partial charge in [0.15, 0.2) is 12.0 Å². The zero-order valence-corrected chi connectivity index (χ0v) is 20.7. The minimum absolute atomic E-state index is 0.00909.